The van der Waals surface area contributed by atoms with Gasteiger partial charge in [0.05, 0.1) is 17.6 Å². The van der Waals surface area contributed by atoms with E-state index in [0.717, 1.165) is 29.8 Å². The predicted molar refractivity (Wildman–Crippen MR) is 72.2 cm³/mol. The van der Waals surface area contributed by atoms with E-state index in [1.807, 2.05) is 0 Å². The molecule has 3 heteroatoms. The molecule has 1 aromatic heterocycles. The second-order valence-electron chi connectivity index (χ2n) is 4.85. The molecule has 0 aliphatic carbocycles. The molecule has 0 aliphatic rings. The summed E-state index contributed by atoms with van der Waals surface area (Å²) in [5.74, 6) is 1.02. The first kappa shape index (κ1) is 12.1. The molecule has 92 valence electrons. The monoisotopic (exact) mass is 231 g/mol. The van der Waals surface area contributed by atoms with E-state index in [1.165, 1.54) is 11.1 Å². The van der Waals surface area contributed by atoms with Crippen LogP contribution in [0, 0.1) is 13.8 Å². The van der Waals surface area contributed by atoms with Crippen molar-refractivity contribution in [3.63, 3.8) is 0 Å². The lowest BCUT2D eigenvalue weighted by Gasteiger charge is -2.08. The molecule has 0 bridgehead atoms. The summed E-state index contributed by atoms with van der Waals surface area (Å²) in [4.78, 5) is 8.02. The highest BCUT2D eigenvalue weighted by molar-refractivity contribution is 5.79. The van der Waals surface area contributed by atoms with E-state index < -0.39 is 0 Å². The van der Waals surface area contributed by atoms with Crippen LogP contribution in [-0.2, 0) is 6.54 Å². The molecule has 2 N–H and O–H groups in total. The molecule has 2 rings (SSSR count). The zero-order chi connectivity index (χ0) is 12.4. The maximum Gasteiger partial charge on any atom is 0.121 e. The summed E-state index contributed by atoms with van der Waals surface area (Å²) in [5, 5.41) is 3.45. The Morgan fingerprint density at radius 2 is 2.12 bits per heavy atom. The van der Waals surface area contributed by atoms with Crippen LogP contribution in [0.15, 0.2) is 12.1 Å². The minimum atomic E-state index is 0.533. The van der Waals surface area contributed by atoms with Gasteiger partial charge in [0.15, 0.2) is 0 Å². The van der Waals surface area contributed by atoms with Crippen molar-refractivity contribution in [1.29, 1.82) is 0 Å². The lowest BCUT2D eigenvalue weighted by atomic mass is 10.1. The quantitative estimate of drug-likeness (QED) is 0.849. The first-order valence-electron chi connectivity index (χ1n) is 6.29. The third-order valence-corrected chi connectivity index (χ3v) is 3.20. The molecule has 1 atom stereocenters. The first-order chi connectivity index (χ1) is 8.10. The number of imidazole rings is 1. The van der Waals surface area contributed by atoms with Gasteiger partial charge in [0.25, 0.3) is 0 Å². The third kappa shape index (κ3) is 2.67. The molecule has 0 saturated heterocycles. The van der Waals surface area contributed by atoms with Crippen molar-refractivity contribution in [3.05, 3.63) is 29.1 Å². The van der Waals surface area contributed by atoms with Crippen LogP contribution in [0.3, 0.4) is 0 Å². The van der Waals surface area contributed by atoms with Gasteiger partial charge in [-0.25, -0.2) is 4.98 Å². The number of H-pyrrole nitrogens is 1. The molecular weight excluding hydrogens is 210 g/mol. The summed E-state index contributed by atoms with van der Waals surface area (Å²) in [6.07, 6.45) is 1.14. The van der Waals surface area contributed by atoms with Gasteiger partial charge in [-0.05, 0) is 44.4 Å². The average Bonchev–Trinajstić information content (AvgIpc) is 2.69. The van der Waals surface area contributed by atoms with E-state index in [4.69, 9.17) is 0 Å². The van der Waals surface area contributed by atoms with Gasteiger partial charge in [-0.3, -0.25) is 0 Å². The van der Waals surface area contributed by atoms with Gasteiger partial charge in [-0.15, -0.1) is 0 Å². The Labute approximate surface area is 103 Å². The first-order valence-corrected chi connectivity index (χ1v) is 6.29. The second-order valence-corrected chi connectivity index (χ2v) is 4.85. The van der Waals surface area contributed by atoms with Crippen molar-refractivity contribution < 1.29 is 0 Å². The van der Waals surface area contributed by atoms with Gasteiger partial charge in [0.2, 0.25) is 0 Å². The molecule has 17 heavy (non-hydrogen) atoms. The van der Waals surface area contributed by atoms with Crippen LogP contribution in [0.2, 0.25) is 0 Å². The van der Waals surface area contributed by atoms with Gasteiger partial charge in [0, 0.05) is 6.04 Å². The Kier molecular flexibility index (Phi) is 3.48. The number of rotatable bonds is 4. The molecule has 0 spiro atoms. The number of hydrogen-bond donors (Lipinski definition) is 2. The average molecular weight is 231 g/mol. The maximum absolute atomic E-state index is 4.64. The number of aryl methyl sites for hydroxylation is 2. The standard InChI is InChI=1S/C14H21N3/c1-5-11(4)15-8-13-16-12-7-9(2)6-10(3)14(12)17-13/h6-7,11,15H,5,8H2,1-4H3,(H,16,17). The second kappa shape index (κ2) is 4.88. The smallest absolute Gasteiger partial charge is 0.121 e. The van der Waals surface area contributed by atoms with Gasteiger partial charge in [0.1, 0.15) is 5.82 Å². The van der Waals surface area contributed by atoms with Crippen LogP contribution in [0.5, 0.6) is 0 Å². The molecule has 0 amide bonds. The van der Waals surface area contributed by atoms with Crippen LogP contribution >= 0.6 is 0 Å². The molecule has 0 fully saturated rings. The molecule has 3 nitrogen and oxygen atoms in total. The van der Waals surface area contributed by atoms with Crippen molar-refractivity contribution >= 4 is 11.0 Å². The Morgan fingerprint density at radius 1 is 1.35 bits per heavy atom. The van der Waals surface area contributed by atoms with Crippen LogP contribution in [0.4, 0.5) is 0 Å². The van der Waals surface area contributed by atoms with Gasteiger partial charge < -0.3 is 10.3 Å². The lowest BCUT2D eigenvalue weighted by Crippen LogP contribution is -2.24. The molecule has 0 aliphatic heterocycles. The van der Waals surface area contributed by atoms with Crippen molar-refractivity contribution in [2.24, 2.45) is 0 Å². The topological polar surface area (TPSA) is 40.7 Å². The van der Waals surface area contributed by atoms with E-state index in [0.29, 0.717) is 6.04 Å². The van der Waals surface area contributed by atoms with E-state index in [-0.39, 0.29) is 0 Å². The Hall–Kier alpha value is -1.35. The van der Waals surface area contributed by atoms with E-state index in [9.17, 15) is 0 Å². The van der Waals surface area contributed by atoms with Crippen LogP contribution in [-0.4, -0.2) is 16.0 Å². The zero-order valence-corrected chi connectivity index (χ0v) is 11.1. The zero-order valence-electron chi connectivity index (χ0n) is 11.1. The number of aromatic nitrogens is 2. The van der Waals surface area contributed by atoms with Crippen LogP contribution in [0.25, 0.3) is 11.0 Å². The number of nitrogens with zero attached hydrogens (tertiary/aromatic N) is 1. The molecule has 1 heterocycles. The minimum Gasteiger partial charge on any atom is -0.341 e. The summed E-state index contributed by atoms with van der Waals surface area (Å²) in [6, 6.07) is 4.86. The summed E-state index contributed by atoms with van der Waals surface area (Å²) < 4.78 is 0. The van der Waals surface area contributed by atoms with Gasteiger partial charge >= 0.3 is 0 Å². The Bertz CT molecular complexity index is 513. The molecular formula is C14H21N3. The van der Waals surface area contributed by atoms with Crippen LogP contribution < -0.4 is 5.32 Å². The number of nitrogens with one attached hydrogen (secondary N) is 2. The normalized spacial score (nSPS) is 13.2. The molecule has 0 radical (unpaired) electrons. The summed E-state index contributed by atoms with van der Waals surface area (Å²) in [6.45, 7) is 9.41. The highest BCUT2D eigenvalue weighted by Crippen LogP contribution is 2.18. The molecule has 1 aromatic carbocycles. The highest BCUT2D eigenvalue weighted by atomic mass is 15.0. The van der Waals surface area contributed by atoms with Crippen molar-refractivity contribution in [2.45, 2.75) is 46.7 Å². The maximum atomic E-state index is 4.64. The number of aromatic amines is 1. The Balaban J connectivity index is 2.23. The number of benzene rings is 1. The third-order valence-electron chi connectivity index (χ3n) is 3.20. The number of hydrogen-bond acceptors (Lipinski definition) is 2. The van der Waals surface area contributed by atoms with Gasteiger partial charge in [-0.2, -0.15) is 0 Å². The predicted octanol–water partition coefficient (Wildman–Crippen LogP) is 3.07. The van der Waals surface area contributed by atoms with Gasteiger partial charge in [-0.1, -0.05) is 13.0 Å². The fraction of sp³-hybridized carbons (Fsp3) is 0.500. The summed E-state index contributed by atoms with van der Waals surface area (Å²) in [5.41, 5.74) is 4.76. The highest BCUT2D eigenvalue weighted by Gasteiger charge is 2.06. The summed E-state index contributed by atoms with van der Waals surface area (Å²) in [7, 11) is 0. The van der Waals surface area contributed by atoms with Crippen molar-refractivity contribution in [3.8, 4) is 0 Å². The lowest BCUT2D eigenvalue weighted by molar-refractivity contribution is 0.525. The van der Waals surface area contributed by atoms with Crippen LogP contribution in [0.1, 0.15) is 37.2 Å². The molecule has 0 saturated carbocycles. The van der Waals surface area contributed by atoms with E-state index in [2.05, 4.69) is 55.1 Å². The van der Waals surface area contributed by atoms with E-state index in [1.54, 1.807) is 0 Å². The molecule has 1 unspecified atom stereocenters. The van der Waals surface area contributed by atoms with E-state index >= 15 is 0 Å². The van der Waals surface area contributed by atoms with Crippen molar-refractivity contribution in [1.82, 2.24) is 15.3 Å². The van der Waals surface area contributed by atoms with Crippen molar-refractivity contribution in [2.75, 3.05) is 0 Å². The fourth-order valence-electron chi connectivity index (χ4n) is 2.02. The molecule has 2 aromatic rings. The summed E-state index contributed by atoms with van der Waals surface area (Å²) >= 11 is 0. The minimum absolute atomic E-state index is 0.533. The Morgan fingerprint density at radius 3 is 2.82 bits per heavy atom. The number of fused-ring (bicyclic) bond motifs is 1. The SMILES string of the molecule is CCC(C)NCc1nc2c(C)cc(C)cc2[nH]1. The largest absolute Gasteiger partial charge is 0.341 e. The fourth-order valence-corrected chi connectivity index (χ4v) is 2.02.